The zero-order valence-electron chi connectivity index (χ0n) is 9.35. The highest BCUT2D eigenvalue weighted by Crippen LogP contribution is 2.18. The van der Waals surface area contributed by atoms with Crippen LogP contribution in [0, 0.1) is 5.41 Å². The molecule has 13 heavy (non-hydrogen) atoms. The van der Waals surface area contributed by atoms with Gasteiger partial charge < -0.3 is 4.74 Å². The van der Waals surface area contributed by atoms with Gasteiger partial charge in [0.1, 0.15) is 0 Å². The molecule has 0 radical (unpaired) electrons. The quantitative estimate of drug-likeness (QED) is 0.616. The first-order chi connectivity index (χ1) is 5.95. The van der Waals surface area contributed by atoms with E-state index in [0.717, 1.165) is 19.3 Å². The molecule has 0 N–H and O–H groups in total. The van der Waals surface area contributed by atoms with Crippen LogP contribution in [0.3, 0.4) is 0 Å². The molecule has 0 amide bonds. The highest BCUT2D eigenvalue weighted by atomic mass is 16.5. The summed E-state index contributed by atoms with van der Waals surface area (Å²) in [6.45, 7) is 9.07. The molecule has 2 heteroatoms. The number of unbranched alkanes of at least 4 members (excludes halogenated alkanes) is 1. The van der Waals surface area contributed by atoms with Gasteiger partial charge in [0.05, 0.1) is 6.61 Å². The summed E-state index contributed by atoms with van der Waals surface area (Å²) in [5.74, 6) is -0.0499. The fourth-order valence-electron chi connectivity index (χ4n) is 0.864. The molecule has 0 heterocycles. The molecule has 0 aliphatic carbocycles. The lowest BCUT2D eigenvalue weighted by Gasteiger charge is -2.17. The zero-order valence-corrected chi connectivity index (χ0v) is 9.35. The first-order valence-electron chi connectivity index (χ1n) is 5.11. The Hall–Kier alpha value is -0.530. The fourth-order valence-corrected chi connectivity index (χ4v) is 0.864. The third kappa shape index (κ3) is 9.38. The van der Waals surface area contributed by atoms with Crippen molar-refractivity contribution in [2.45, 2.75) is 53.4 Å². The maximum Gasteiger partial charge on any atom is 0.305 e. The summed E-state index contributed by atoms with van der Waals surface area (Å²) in [7, 11) is 0. The molecule has 0 atom stereocenters. The summed E-state index contributed by atoms with van der Waals surface area (Å²) in [5, 5.41) is 0. The van der Waals surface area contributed by atoms with Gasteiger partial charge in [0.15, 0.2) is 0 Å². The Morgan fingerprint density at radius 1 is 1.31 bits per heavy atom. The summed E-state index contributed by atoms with van der Waals surface area (Å²) in [4.78, 5) is 11.1. The zero-order chi connectivity index (χ0) is 10.3. The first-order valence-corrected chi connectivity index (χ1v) is 5.11. The van der Waals surface area contributed by atoms with E-state index in [9.17, 15) is 4.79 Å². The van der Waals surface area contributed by atoms with Crippen LogP contribution in [0.25, 0.3) is 0 Å². The molecular weight excluding hydrogens is 164 g/mol. The lowest BCUT2D eigenvalue weighted by atomic mass is 9.93. The second kappa shape index (κ2) is 6.01. The molecule has 0 aromatic rings. The van der Waals surface area contributed by atoms with Gasteiger partial charge in [-0.3, -0.25) is 4.79 Å². The Balaban J connectivity index is 3.37. The van der Waals surface area contributed by atoms with Crippen LogP contribution in [0.4, 0.5) is 0 Å². The van der Waals surface area contributed by atoms with Crippen LogP contribution in [0.15, 0.2) is 0 Å². The van der Waals surface area contributed by atoms with Gasteiger partial charge in [-0.25, -0.2) is 0 Å². The van der Waals surface area contributed by atoms with E-state index in [1.54, 1.807) is 0 Å². The highest BCUT2D eigenvalue weighted by Gasteiger charge is 2.11. The van der Waals surface area contributed by atoms with Crippen molar-refractivity contribution in [1.29, 1.82) is 0 Å². The van der Waals surface area contributed by atoms with E-state index in [1.165, 1.54) is 0 Å². The molecule has 0 unspecified atom stereocenters. The third-order valence-electron chi connectivity index (χ3n) is 1.85. The summed E-state index contributed by atoms with van der Waals surface area (Å²) >= 11 is 0. The minimum atomic E-state index is -0.0499. The number of ether oxygens (including phenoxy) is 1. The Morgan fingerprint density at radius 2 is 1.92 bits per heavy atom. The van der Waals surface area contributed by atoms with Crippen molar-refractivity contribution in [2.75, 3.05) is 6.61 Å². The van der Waals surface area contributed by atoms with Crippen LogP contribution in [0.1, 0.15) is 53.4 Å². The van der Waals surface area contributed by atoms with Crippen LogP contribution in [-0.2, 0) is 9.53 Å². The van der Waals surface area contributed by atoms with Crippen LogP contribution in [-0.4, -0.2) is 12.6 Å². The van der Waals surface area contributed by atoms with Gasteiger partial charge in [0.25, 0.3) is 0 Å². The molecule has 0 saturated carbocycles. The number of hydrogen-bond donors (Lipinski definition) is 0. The summed E-state index contributed by atoms with van der Waals surface area (Å²) < 4.78 is 5.08. The van der Waals surface area contributed by atoms with E-state index in [2.05, 4.69) is 27.7 Å². The molecule has 0 aromatic carbocycles. The predicted octanol–water partition coefficient (Wildman–Crippen LogP) is 3.16. The van der Waals surface area contributed by atoms with E-state index in [0.29, 0.717) is 13.0 Å². The van der Waals surface area contributed by atoms with Gasteiger partial charge in [-0.05, 0) is 18.3 Å². The van der Waals surface area contributed by atoms with Crippen LogP contribution < -0.4 is 0 Å². The number of esters is 1. The summed E-state index contributed by atoms with van der Waals surface area (Å²) in [6.07, 6.45) is 3.49. The summed E-state index contributed by atoms with van der Waals surface area (Å²) in [6, 6.07) is 0. The first kappa shape index (κ1) is 12.5. The van der Waals surface area contributed by atoms with Crippen molar-refractivity contribution >= 4 is 5.97 Å². The fraction of sp³-hybridized carbons (Fsp3) is 0.909. The van der Waals surface area contributed by atoms with Crippen LogP contribution >= 0.6 is 0 Å². The molecule has 2 nitrogen and oxygen atoms in total. The Labute approximate surface area is 81.7 Å². The van der Waals surface area contributed by atoms with E-state index in [-0.39, 0.29) is 11.4 Å². The van der Waals surface area contributed by atoms with Gasteiger partial charge in [-0.2, -0.15) is 0 Å². The molecule has 0 aromatic heterocycles. The van der Waals surface area contributed by atoms with E-state index >= 15 is 0 Å². The lowest BCUT2D eigenvalue weighted by molar-refractivity contribution is -0.144. The van der Waals surface area contributed by atoms with Gasteiger partial charge in [0.2, 0.25) is 0 Å². The van der Waals surface area contributed by atoms with Gasteiger partial charge in [0, 0.05) is 6.42 Å². The molecule has 0 aliphatic rings. The van der Waals surface area contributed by atoms with Gasteiger partial charge in [-0.15, -0.1) is 0 Å². The van der Waals surface area contributed by atoms with Crippen molar-refractivity contribution in [3.05, 3.63) is 0 Å². The topological polar surface area (TPSA) is 26.3 Å². The SMILES string of the molecule is CCCCC(=O)OCCC(C)(C)C. The Kier molecular flexibility index (Phi) is 5.76. The number of carbonyl (C=O) groups is 1. The molecule has 0 fully saturated rings. The third-order valence-corrected chi connectivity index (χ3v) is 1.85. The van der Waals surface area contributed by atoms with Crippen LogP contribution in [0.5, 0.6) is 0 Å². The summed E-state index contributed by atoms with van der Waals surface area (Å²) in [5.41, 5.74) is 0.255. The lowest BCUT2D eigenvalue weighted by Crippen LogP contribution is -2.12. The number of carbonyl (C=O) groups excluding carboxylic acids is 1. The van der Waals surface area contributed by atoms with E-state index in [4.69, 9.17) is 4.74 Å². The maximum atomic E-state index is 11.1. The standard InChI is InChI=1S/C11H22O2/c1-5-6-7-10(12)13-9-8-11(2,3)4/h5-9H2,1-4H3. The average Bonchev–Trinajstić information content (AvgIpc) is 1.98. The molecule has 0 aliphatic heterocycles. The second-order valence-corrected chi connectivity index (χ2v) is 4.63. The largest absolute Gasteiger partial charge is 0.466 e. The number of hydrogen-bond acceptors (Lipinski definition) is 2. The molecule has 78 valence electrons. The molecular formula is C11H22O2. The van der Waals surface area contributed by atoms with Crippen molar-refractivity contribution < 1.29 is 9.53 Å². The molecule has 0 bridgehead atoms. The molecule has 0 rings (SSSR count). The van der Waals surface area contributed by atoms with Crippen molar-refractivity contribution in [3.63, 3.8) is 0 Å². The van der Waals surface area contributed by atoms with E-state index < -0.39 is 0 Å². The number of rotatable bonds is 5. The van der Waals surface area contributed by atoms with Crippen molar-refractivity contribution in [1.82, 2.24) is 0 Å². The minimum absolute atomic E-state index is 0.0499. The normalized spacial score (nSPS) is 11.4. The second-order valence-electron chi connectivity index (χ2n) is 4.63. The molecule has 0 saturated heterocycles. The Morgan fingerprint density at radius 3 is 2.38 bits per heavy atom. The highest BCUT2D eigenvalue weighted by molar-refractivity contribution is 5.69. The predicted molar refractivity (Wildman–Crippen MR) is 54.6 cm³/mol. The van der Waals surface area contributed by atoms with Gasteiger partial charge >= 0.3 is 5.97 Å². The maximum absolute atomic E-state index is 11.1. The van der Waals surface area contributed by atoms with Crippen LogP contribution in [0.2, 0.25) is 0 Å². The van der Waals surface area contributed by atoms with Gasteiger partial charge in [-0.1, -0.05) is 34.1 Å². The minimum Gasteiger partial charge on any atom is -0.466 e. The van der Waals surface area contributed by atoms with Crippen molar-refractivity contribution in [3.8, 4) is 0 Å². The van der Waals surface area contributed by atoms with E-state index in [1.807, 2.05) is 0 Å². The smallest absolute Gasteiger partial charge is 0.305 e. The monoisotopic (exact) mass is 186 g/mol. The van der Waals surface area contributed by atoms with Crippen molar-refractivity contribution in [2.24, 2.45) is 5.41 Å². The average molecular weight is 186 g/mol. The molecule has 0 spiro atoms. The Bertz CT molecular complexity index is 145.